The van der Waals surface area contributed by atoms with Crippen LogP contribution in [0.3, 0.4) is 0 Å². The monoisotopic (exact) mass is 363 g/mol. The number of hydrogen-bond donors (Lipinski definition) is 1. The first-order chi connectivity index (χ1) is 9.31. The zero-order chi connectivity index (χ0) is 15.0. The van der Waals surface area contributed by atoms with Crippen LogP contribution >= 0.6 is 15.9 Å². The minimum absolute atomic E-state index is 0.0432. The van der Waals surface area contributed by atoms with Crippen molar-refractivity contribution >= 4 is 32.4 Å². The SMILES string of the molecule is Cc1nn(C)c(CS(=O)c2c(F)cc(N)cc2F)c1Br. The summed E-state index contributed by atoms with van der Waals surface area (Å²) in [6.07, 6.45) is 0. The van der Waals surface area contributed by atoms with Crippen LogP contribution in [-0.4, -0.2) is 14.0 Å². The van der Waals surface area contributed by atoms with Gasteiger partial charge >= 0.3 is 0 Å². The van der Waals surface area contributed by atoms with Crippen molar-refractivity contribution in [2.24, 2.45) is 7.05 Å². The molecule has 1 aromatic heterocycles. The number of nitrogens with zero attached hydrogens (tertiary/aromatic N) is 2. The molecule has 0 amide bonds. The maximum Gasteiger partial charge on any atom is 0.144 e. The molecular formula is C12H12BrF2N3OS. The average molecular weight is 364 g/mol. The molecule has 1 heterocycles. The van der Waals surface area contributed by atoms with Crippen molar-refractivity contribution in [1.82, 2.24) is 9.78 Å². The predicted molar refractivity (Wildman–Crippen MR) is 76.5 cm³/mol. The fourth-order valence-electron chi connectivity index (χ4n) is 1.83. The molecule has 0 aliphatic carbocycles. The van der Waals surface area contributed by atoms with Crippen LogP contribution in [0.4, 0.5) is 14.5 Å². The van der Waals surface area contributed by atoms with E-state index in [-0.39, 0.29) is 11.4 Å². The van der Waals surface area contributed by atoms with Crippen molar-refractivity contribution in [3.05, 3.63) is 39.6 Å². The van der Waals surface area contributed by atoms with Crippen LogP contribution in [0.1, 0.15) is 11.4 Å². The fourth-order valence-corrected chi connectivity index (χ4v) is 3.77. The standard InChI is InChI=1S/C12H12BrF2N3OS/c1-6-11(13)10(18(2)17-6)5-20(19)12-8(14)3-7(16)4-9(12)15/h3-4H,5,16H2,1-2H3. The second kappa shape index (κ2) is 5.61. The summed E-state index contributed by atoms with van der Waals surface area (Å²) in [4.78, 5) is -0.468. The van der Waals surface area contributed by atoms with Crippen LogP contribution in [-0.2, 0) is 23.6 Å². The Morgan fingerprint density at radius 3 is 2.40 bits per heavy atom. The van der Waals surface area contributed by atoms with Gasteiger partial charge in [0.25, 0.3) is 0 Å². The first-order valence-electron chi connectivity index (χ1n) is 5.62. The third-order valence-corrected chi connectivity index (χ3v) is 5.19. The molecule has 1 atom stereocenters. The lowest BCUT2D eigenvalue weighted by molar-refractivity contribution is 0.535. The van der Waals surface area contributed by atoms with Crippen molar-refractivity contribution < 1.29 is 13.0 Å². The molecule has 2 N–H and O–H groups in total. The molecule has 0 bridgehead atoms. The number of halogens is 3. The van der Waals surface area contributed by atoms with Crippen molar-refractivity contribution in [2.75, 3.05) is 5.73 Å². The maximum atomic E-state index is 13.7. The second-order valence-corrected chi connectivity index (χ2v) is 6.45. The maximum absolute atomic E-state index is 13.7. The Morgan fingerprint density at radius 1 is 1.40 bits per heavy atom. The average Bonchev–Trinajstić information content (AvgIpc) is 2.54. The largest absolute Gasteiger partial charge is 0.399 e. The summed E-state index contributed by atoms with van der Waals surface area (Å²) in [7, 11) is -0.189. The second-order valence-electron chi connectivity index (χ2n) is 4.27. The van der Waals surface area contributed by atoms with Gasteiger partial charge in [0, 0.05) is 12.7 Å². The molecule has 20 heavy (non-hydrogen) atoms. The number of nitrogens with two attached hydrogens (primary N) is 1. The third kappa shape index (κ3) is 2.76. The summed E-state index contributed by atoms with van der Waals surface area (Å²) in [5.41, 5.74) is 6.62. The highest BCUT2D eigenvalue weighted by Gasteiger charge is 2.20. The van der Waals surface area contributed by atoms with Gasteiger partial charge in [-0.3, -0.25) is 8.89 Å². The summed E-state index contributed by atoms with van der Waals surface area (Å²) >= 11 is 3.33. The Bertz CT molecular complexity index is 679. The molecule has 0 saturated carbocycles. The Morgan fingerprint density at radius 2 is 1.95 bits per heavy atom. The van der Waals surface area contributed by atoms with Crippen molar-refractivity contribution in [1.29, 1.82) is 0 Å². The zero-order valence-corrected chi connectivity index (χ0v) is 13.2. The number of aryl methyl sites for hydroxylation is 2. The van der Waals surface area contributed by atoms with Gasteiger partial charge < -0.3 is 5.73 Å². The van der Waals surface area contributed by atoms with Crippen LogP contribution in [0, 0.1) is 18.6 Å². The predicted octanol–water partition coefficient (Wildman–Crippen LogP) is 2.66. The fraction of sp³-hybridized carbons (Fsp3) is 0.250. The molecule has 0 radical (unpaired) electrons. The number of nitrogen functional groups attached to an aromatic ring is 1. The molecule has 2 aromatic rings. The molecule has 4 nitrogen and oxygen atoms in total. The molecule has 0 spiro atoms. The van der Waals surface area contributed by atoms with E-state index in [2.05, 4.69) is 21.0 Å². The molecule has 8 heteroatoms. The third-order valence-electron chi connectivity index (χ3n) is 2.78. The summed E-state index contributed by atoms with van der Waals surface area (Å²) in [5.74, 6) is -1.86. The van der Waals surface area contributed by atoms with Gasteiger partial charge in [-0.1, -0.05) is 0 Å². The summed E-state index contributed by atoms with van der Waals surface area (Å²) in [5, 5.41) is 4.14. The van der Waals surface area contributed by atoms with Gasteiger partial charge in [0.05, 0.1) is 32.4 Å². The summed E-state index contributed by atoms with van der Waals surface area (Å²) in [6.45, 7) is 1.78. The first kappa shape index (κ1) is 15.1. The van der Waals surface area contributed by atoms with Gasteiger partial charge in [-0.05, 0) is 35.0 Å². The lowest BCUT2D eigenvalue weighted by Gasteiger charge is -2.07. The molecule has 0 fully saturated rings. The van der Waals surface area contributed by atoms with Crippen LogP contribution in [0.5, 0.6) is 0 Å². The van der Waals surface area contributed by atoms with Gasteiger partial charge in [-0.25, -0.2) is 8.78 Å². The molecule has 1 unspecified atom stereocenters. The minimum atomic E-state index is -1.87. The van der Waals surface area contributed by atoms with E-state index < -0.39 is 27.3 Å². The number of rotatable bonds is 3. The van der Waals surface area contributed by atoms with Crippen LogP contribution < -0.4 is 5.73 Å². The normalized spacial score (nSPS) is 12.7. The Labute approximate surface area is 125 Å². The van der Waals surface area contributed by atoms with E-state index in [1.807, 2.05) is 0 Å². The van der Waals surface area contributed by atoms with Crippen LogP contribution in [0.15, 0.2) is 21.5 Å². The first-order valence-corrected chi connectivity index (χ1v) is 7.73. The van der Waals surface area contributed by atoms with E-state index >= 15 is 0 Å². The van der Waals surface area contributed by atoms with Gasteiger partial charge in [0.2, 0.25) is 0 Å². The minimum Gasteiger partial charge on any atom is -0.399 e. The zero-order valence-electron chi connectivity index (χ0n) is 10.8. The van der Waals surface area contributed by atoms with Gasteiger partial charge in [0.15, 0.2) is 0 Å². The van der Waals surface area contributed by atoms with Gasteiger partial charge in [-0.15, -0.1) is 0 Å². The van der Waals surface area contributed by atoms with Crippen molar-refractivity contribution in [3.63, 3.8) is 0 Å². The number of benzene rings is 1. The smallest absolute Gasteiger partial charge is 0.144 e. The molecular weight excluding hydrogens is 352 g/mol. The molecule has 0 saturated heterocycles. The van der Waals surface area contributed by atoms with E-state index in [4.69, 9.17) is 5.73 Å². The van der Waals surface area contributed by atoms with E-state index in [0.29, 0.717) is 10.2 Å². The van der Waals surface area contributed by atoms with E-state index in [9.17, 15) is 13.0 Å². The topological polar surface area (TPSA) is 60.9 Å². The Kier molecular flexibility index (Phi) is 4.24. The number of anilines is 1. The molecule has 1 aromatic carbocycles. The highest BCUT2D eigenvalue weighted by Crippen LogP contribution is 2.26. The number of hydrogen-bond acceptors (Lipinski definition) is 3. The quantitative estimate of drug-likeness (QED) is 0.852. The Hall–Kier alpha value is -1.28. The van der Waals surface area contributed by atoms with E-state index in [1.54, 1.807) is 14.0 Å². The van der Waals surface area contributed by atoms with E-state index in [1.165, 1.54) is 4.68 Å². The highest BCUT2D eigenvalue weighted by atomic mass is 79.9. The lowest BCUT2D eigenvalue weighted by atomic mass is 10.3. The molecule has 108 valence electrons. The molecule has 0 aliphatic heterocycles. The Balaban J connectivity index is 2.38. The van der Waals surface area contributed by atoms with E-state index in [0.717, 1.165) is 17.8 Å². The van der Waals surface area contributed by atoms with Crippen molar-refractivity contribution in [2.45, 2.75) is 17.6 Å². The van der Waals surface area contributed by atoms with Crippen molar-refractivity contribution in [3.8, 4) is 0 Å². The molecule has 0 aliphatic rings. The number of aromatic nitrogens is 2. The van der Waals surface area contributed by atoms with Crippen LogP contribution in [0.25, 0.3) is 0 Å². The van der Waals surface area contributed by atoms with Gasteiger partial charge in [0.1, 0.15) is 16.5 Å². The van der Waals surface area contributed by atoms with Gasteiger partial charge in [-0.2, -0.15) is 5.10 Å². The highest BCUT2D eigenvalue weighted by molar-refractivity contribution is 9.10. The summed E-state index contributed by atoms with van der Waals surface area (Å²) < 4.78 is 41.9. The van der Waals surface area contributed by atoms with Crippen LogP contribution in [0.2, 0.25) is 0 Å². The lowest BCUT2D eigenvalue weighted by Crippen LogP contribution is -2.07. The molecule has 2 rings (SSSR count). The summed E-state index contributed by atoms with van der Waals surface area (Å²) in [6, 6.07) is 1.92.